The van der Waals surface area contributed by atoms with E-state index in [1.165, 1.54) is 0 Å². The molecule has 0 bridgehead atoms. The summed E-state index contributed by atoms with van der Waals surface area (Å²) in [6.07, 6.45) is 5.55. The molecule has 2 heterocycles. The molecule has 180 valence electrons. The predicted octanol–water partition coefficient (Wildman–Crippen LogP) is 3.43. The fourth-order valence-electron chi connectivity index (χ4n) is 4.15. The van der Waals surface area contributed by atoms with Crippen molar-refractivity contribution >= 4 is 22.7 Å². The van der Waals surface area contributed by atoms with Crippen LogP contribution < -0.4 is 16.4 Å². The largest absolute Gasteiger partial charge is 0.361 e. The Morgan fingerprint density at radius 1 is 0.943 bits per heavy atom. The molecule has 0 radical (unpaired) electrons. The molecule has 2 amide bonds. The second-order valence-corrected chi connectivity index (χ2v) is 8.62. The van der Waals surface area contributed by atoms with E-state index in [2.05, 4.69) is 20.6 Å². The number of nitrogens with zero attached hydrogens (tertiary/aromatic N) is 1. The normalized spacial score (nSPS) is 12.7. The lowest BCUT2D eigenvalue weighted by Crippen LogP contribution is -2.42. The number of aromatic nitrogens is 2. The topological polar surface area (TPSA) is 113 Å². The summed E-state index contributed by atoms with van der Waals surface area (Å²) in [4.78, 5) is 32.7. The molecule has 2 unspecified atom stereocenters. The first-order valence-electron chi connectivity index (χ1n) is 11.9. The van der Waals surface area contributed by atoms with E-state index >= 15 is 0 Å². The third-order valence-corrected chi connectivity index (χ3v) is 6.01. The van der Waals surface area contributed by atoms with Crippen molar-refractivity contribution in [3.8, 4) is 0 Å². The number of hydrogen-bond acceptors (Lipinski definition) is 4. The van der Waals surface area contributed by atoms with Crippen molar-refractivity contribution in [2.45, 2.75) is 37.8 Å². The van der Waals surface area contributed by atoms with Crippen LogP contribution in [0.1, 0.15) is 35.7 Å². The van der Waals surface area contributed by atoms with E-state index in [0.29, 0.717) is 32.2 Å². The van der Waals surface area contributed by atoms with Crippen LogP contribution in [-0.4, -0.2) is 34.4 Å². The van der Waals surface area contributed by atoms with Gasteiger partial charge in [-0.2, -0.15) is 0 Å². The van der Waals surface area contributed by atoms with Gasteiger partial charge in [-0.05, 0) is 42.2 Å². The second-order valence-electron chi connectivity index (χ2n) is 8.62. The smallest absolute Gasteiger partial charge is 0.237 e. The van der Waals surface area contributed by atoms with Gasteiger partial charge < -0.3 is 21.4 Å². The standard InChI is InChI=1S/C28H31N5O2/c29-24(17-21-19-32-25-13-5-4-12-23(21)25)28(35)31-16-8-14-27(34)33-26(20-9-2-1-3-10-20)18-22-11-6-7-15-30-22/h1-7,9-13,15,19,24,26,32H,8,14,16-18,29H2,(H,31,35)(H,33,34). The minimum absolute atomic E-state index is 0.0628. The van der Waals surface area contributed by atoms with Gasteiger partial charge in [-0.15, -0.1) is 0 Å². The fraction of sp³-hybridized carbons (Fsp3) is 0.250. The van der Waals surface area contributed by atoms with Crippen molar-refractivity contribution in [2.24, 2.45) is 5.73 Å². The molecule has 4 rings (SSSR count). The zero-order valence-corrected chi connectivity index (χ0v) is 19.6. The Morgan fingerprint density at radius 2 is 1.71 bits per heavy atom. The van der Waals surface area contributed by atoms with Crippen LogP contribution in [0.4, 0.5) is 0 Å². The van der Waals surface area contributed by atoms with Crippen LogP contribution in [0.25, 0.3) is 10.9 Å². The number of hydrogen-bond donors (Lipinski definition) is 4. The zero-order chi connectivity index (χ0) is 24.5. The lowest BCUT2D eigenvalue weighted by atomic mass is 10.0. The Morgan fingerprint density at radius 3 is 2.51 bits per heavy atom. The van der Waals surface area contributed by atoms with Crippen LogP contribution >= 0.6 is 0 Å². The molecule has 0 aliphatic carbocycles. The van der Waals surface area contributed by atoms with E-state index in [-0.39, 0.29) is 17.9 Å². The number of aromatic amines is 1. The lowest BCUT2D eigenvalue weighted by Gasteiger charge is -2.19. The minimum atomic E-state index is -0.649. The average molecular weight is 470 g/mol. The van der Waals surface area contributed by atoms with E-state index < -0.39 is 6.04 Å². The number of pyridine rings is 1. The van der Waals surface area contributed by atoms with E-state index in [9.17, 15) is 9.59 Å². The highest BCUT2D eigenvalue weighted by Gasteiger charge is 2.17. The molecule has 5 N–H and O–H groups in total. The van der Waals surface area contributed by atoms with Crippen LogP contribution in [0.3, 0.4) is 0 Å². The number of H-pyrrole nitrogens is 1. The third kappa shape index (κ3) is 6.77. The van der Waals surface area contributed by atoms with Crippen LogP contribution in [-0.2, 0) is 22.4 Å². The Labute approximate surface area is 205 Å². The predicted molar refractivity (Wildman–Crippen MR) is 137 cm³/mol. The number of carbonyl (C=O) groups is 2. The van der Waals surface area contributed by atoms with Crippen molar-refractivity contribution in [1.82, 2.24) is 20.6 Å². The SMILES string of the molecule is NC(Cc1c[nH]c2ccccc12)C(=O)NCCCC(=O)NC(Cc1ccccn1)c1ccccc1. The highest BCUT2D eigenvalue weighted by Crippen LogP contribution is 2.19. The molecule has 0 fully saturated rings. The van der Waals surface area contributed by atoms with E-state index in [4.69, 9.17) is 5.73 Å². The first-order valence-corrected chi connectivity index (χ1v) is 11.9. The summed E-state index contributed by atoms with van der Waals surface area (Å²) in [6.45, 7) is 0.393. The van der Waals surface area contributed by atoms with Gasteiger partial charge in [0.25, 0.3) is 0 Å². The maximum Gasteiger partial charge on any atom is 0.237 e. The summed E-state index contributed by atoms with van der Waals surface area (Å²) in [6, 6.07) is 22.8. The fourth-order valence-corrected chi connectivity index (χ4v) is 4.15. The summed E-state index contributed by atoms with van der Waals surface area (Å²) in [5.74, 6) is -0.278. The maximum atomic E-state index is 12.7. The number of rotatable bonds is 11. The molecule has 2 atom stereocenters. The summed E-state index contributed by atoms with van der Waals surface area (Å²) in [7, 11) is 0. The first-order chi connectivity index (χ1) is 17.1. The van der Waals surface area contributed by atoms with E-state index in [1.54, 1.807) is 6.20 Å². The molecular weight excluding hydrogens is 438 g/mol. The minimum Gasteiger partial charge on any atom is -0.361 e. The molecule has 2 aromatic heterocycles. The van der Waals surface area contributed by atoms with Gasteiger partial charge in [-0.1, -0.05) is 54.6 Å². The molecule has 2 aromatic carbocycles. The number of amides is 2. The average Bonchev–Trinajstić information content (AvgIpc) is 3.30. The summed E-state index contributed by atoms with van der Waals surface area (Å²) < 4.78 is 0. The molecule has 7 nitrogen and oxygen atoms in total. The van der Waals surface area contributed by atoms with Gasteiger partial charge in [0.1, 0.15) is 0 Å². The first kappa shape index (κ1) is 24.2. The van der Waals surface area contributed by atoms with Gasteiger partial charge in [-0.3, -0.25) is 14.6 Å². The number of benzene rings is 2. The number of fused-ring (bicyclic) bond motifs is 1. The molecule has 0 saturated carbocycles. The second kappa shape index (κ2) is 11.9. The van der Waals surface area contributed by atoms with Gasteiger partial charge >= 0.3 is 0 Å². The van der Waals surface area contributed by atoms with E-state index in [0.717, 1.165) is 27.7 Å². The van der Waals surface area contributed by atoms with Crippen LogP contribution in [0.5, 0.6) is 0 Å². The third-order valence-electron chi connectivity index (χ3n) is 6.01. The van der Waals surface area contributed by atoms with Crippen LogP contribution in [0, 0.1) is 0 Å². The van der Waals surface area contributed by atoms with Crippen molar-refractivity contribution in [3.63, 3.8) is 0 Å². The van der Waals surface area contributed by atoms with Crippen molar-refractivity contribution in [3.05, 3.63) is 102 Å². The molecule has 4 aromatic rings. The van der Waals surface area contributed by atoms with Gasteiger partial charge in [0, 0.05) is 48.4 Å². The Balaban J connectivity index is 1.23. The molecule has 35 heavy (non-hydrogen) atoms. The summed E-state index contributed by atoms with van der Waals surface area (Å²) >= 11 is 0. The Bertz CT molecular complexity index is 1240. The quantitative estimate of drug-likeness (QED) is 0.252. The summed E-state index contributed by atoms with van der Waals surface area (Å²) in [5.41, 5.74) is 10.1. The highest BCUT2D eigenvalue weighted by molar-refractivity contribution is 5.86. The van der Waals surface area contributed by atoms with Gasteiger partial charge in [-0.25, -0.2) is 0 Å². The molecule has 0 aliphatic heterocycles. The highest BCUT2D eigenvalue weighted by atomic mass is 16.2. The Kier molecular flexibility index (Phi) is 8.25. The van der Waals surface area contributed by atoms with Crippen molar-refractivity contribution in [1.29, 1.82) is 0 Å². The molecule has 0 saturated heterocycles. The van der Waals surface area contributed by atoms with Gasteiger partial charge in [0.15, 0.2) is 0 Å². The molecule has 7 heteroatoms. The van der Waals surface area contributed by atoms with Crippen LogP contribution in [0.2, 0.25) is 0 Å². The van der Waals surface area contributed by atoms with Gasteiger partial charge in [0.2, 0.25) is 11.8 Å². The zero-order valence-electron chi connectivity index (χ0n) is 19.6. The van der Waals surface area contributed by atoms with Gasteiger partial charge in [0.05, 0.1) is 12.1 Å². The van der Waals surface area contributed by atoms with Crippen molar-refractivity contribution in [2.75, 3.05) is 6.54 Å². The Hall–Kier alpha value is -3.97. The molecular formula is C28H31N5O2. The number of nitrogens with one attached hydrogen (secondary N) is 3. The van der Waals surface area contributed by atoms with E-state index in [1.807, 2.05) is 79.0 Å². The maximum absolute atomic E-state index is 12.7. The molecule has 0 aliphatic rings. The number of carbonyl (C=O) groups excluding carboxylic acids is 2. The summed E-state index contributed by atoms with van der Waals surface area (Å²) in [5, 5.41) is 7.05. The van der Waals surface area contributed by atoms with Crippen LogP contribution in [0.15, 0.2) is 85.2 Å². The molecule has 0 spiro atoms. The lowest BCUT2D eigenvalue weighted by molar-refractivity contribution is -0.124. The monoisotopic (exact) mass is 469 g/mol. The van der Waals surface area contributed by atoms with Crippen molar-refractivity contribution < 1.29 is 9.59 Å². The number of para-hydroxylation sites is 1. The number of nitrogens with two attached hydrogens (primary N) is 1.